The maximum absolute atomic E-state index is 12.1. The normalized spacial score (nSPS) is 10.6. The molecule has 1 amide bonds. The van der Waals surface area contributed by atoms with Gasteiger partial charge in [0.05, 0.1) is 11.0 Å². The summed E-state index contributed by atoms with van der Waals surface area (Å²) in [4.78, 5) is 21.7. The molecule has 3 rings (SSSR count). The minimum Gasteiger partial charge on any atom is -0.352 e. The number of hydrogen-bond donors (Lipinski definition) is 1. The zero-order valence-electron chi connectivity index (χ0n) is 10.7. The van der Waals surface area contributed by atoms with E-state index in [1.54, 1.807) is 35.9 Å². The van der Waals surface area contributed by atoms with Gasteiger partial charge in [-0.1, -0.05) is 6.07 Å². The molecule has 0 atom stereocenters. The monoisotopic (exact) mass is 283 g/mol. The first-order valence-electron chi connectivity index (χ1n) is 6.34. The van der Waals surface area contributed by atoms with E-state index in [0.29, 0.717) is 12.1 Å². The second kappa shape index (κ2) is 5.79. The quantitative estimate of drug-likeness (QED) is 0.801. The molecule has 0 aliphatic carbocycles. The van der Waals surface area contributed by atoms with Crippen molar-refractivity contribution in [2.45, 2.75) is 6.42 Å². The van der Waals surface area contributed by atoms with Crippen molar-refractivity contribution in [2.24, 2.45) is 0 Å². The Balaban J connectivity index is 1.66. The molecule has 2 aromatic heterocycles. The molecule has 1 N–H and O–H groups in total. The molecule has 0 spiro atoms. The number of carbonyl (C=O) groups excluding carboxylic acids is 1. The van der Waals surface area contributed by atoms with Crippen LogP contribution in [-0.2, 0) is 6.42 Å². The molecule has 2 heterocycles. The molecule has 0 aliphatic rings. The number of benzene rings is 1. The zero-order valence-corrected chi connectivity index (χ0v) is 11.6. The molecule has 0 unspecified atom stereocenters. The molecule has 20 heavy (non-hydrogen) atoms. The first-order chi connectivity index (χ1) is 9.83. The van der Waals surface area contributed by atoms with Crippen molar-refractivity contribution < 1.29 is 4.79 Å². The van der Waals surface area contributed by atoms with Crippen LogP contribution in [0.5, 0.6) is 0 Å². The van der Waals surface area contributed by atoms with Crippen molar-refractivity contribution in [2.75, 3.05) is 6.54 Å². The van der Waals surface area contributed by atoms with Gasteiger partial charge >= 0.3 is 0 Å². The summed E-state index contributed by atoms with van der Waals surface area (Å²) in [5.74, 6) is -0.0749. The number of amides is 1. The van der Waals surface area contributed by atoms with E-state index >= 15 is 0 Å². The van der Waals surface area contributed by atoms with Crippen LogP contribution in [0.1, 0.15) is 15.2 Å². The highest BCUT2D eigenvalue weighted by Gasteiger charge is 2.06. The van der Waals surface area contributed by atoms with E-state index in [2.05, 4.69) is 21.4 Å². The van der Waals surface area contributed by atoms with Gasteiger partial charge in [0.2, 0.25) is 0 Å². The fraction of sp³-hybridized carbons (Fsp3) is 0.133. The van der Waals surface area contributed by atoms with Gasteiger partial charge in [-0.2, -0.15) is 0 Å². The van der Waals surface area contributed by atoms with Gasteiger partial charge in [-0.25, -0.2) is 0 Å². The molecule has 0 fully saturated rings. The molecule has 0 saturated carbocycles. The number of nitrogens with zero attached hydrogens (tertiary/aromatic N) is 2. The van der Waals surface area contributed by atoms with Crippen LogP contribution in [0, 0.1) is 0 Å². The van der Waals surface area contributed by atoms with Gasteiger partial charge in [-0.15, -0.1) is 11.3 Å². The Bertz CT molecular complexity index is 725. The second-order valence-corrected chi connectivity index (χ2v) is 5.38. The Kier molecular flexibility index (Phi) is 3.69. The summed E-state index contributed by atoms with van der Waals surface area (Å²) < 4.78 is 0. The maximum Gasteiger partial charge on any atom is 0.251 e. The molecular weight excluding hydrogens is 270 g/mol. The Morgan fingerprint density at radius 2 is 2.00 bits per heavy atom. The number of thiophene rings is 1. The van der Waals surface area contributed by atoms with Crippen LogP contribution in [-0.4, -0.2) is 22.4 Å². The van der Waals surface area contributed by atoms with Crippen molar-refractivity contribution >= 4 is 28.3 Å². The van der Waals surface area contributed by atoms with E-state index in [4.69, 9.17) is 0 Å². The van der Waals surface area contributed by atoms with Crippen LogP contribution in [0.25, 0.3) is 11.0 Å². The summed E-state index contributed by atoms with van der Waals surface area (Å²) in [6.07, 6.45) is 4.13. The third-order valence-corrected chi connectivity index (χ3v) is 3.90. The lowest BCUT2D eigenvalue weighted by Gasteiger charge is -2.05. The summed E-state index contributed by atoms with van der Waals surface area (Å²) >= 11 is 1.70. The fourth-order valence-corrected chi connectivity index (χ4v) is 2.67. The van der Waals surface area contributed by atoms with Crippen LogP contribution >= 0.6 is 11.3 Å². The lowest BCUT2D eigenvalue weighted by Crippen LogP contribution is -2.25. The van der Waals surface area contributed by atoms with Gasteiger partial charge < -0.3 is 5.32 Å². The van der Waals surface area contributed by atoms with E-state index in [1.807, 2.05) is 17.5 Å². The largest absolute Gasteiger partial charge is 0.352 e. The zero-order chi connectivity index (χ0) is 13.8. The summed E-state index contributed by atoms with van der Waals surface area (Å²) in [5, 5.41) is 4.96. The van der Waals surface area contributed by atoms with Crippen LogP contribution in [0.3, 0.4) is 0 Å². The predicted octanol–water partition coefficient (Wildman–Crippen LogP) is 2.66. The minimum absolute atomic E-state index is 0.0749. The highest BCUT2D eigenvalue weighted by molar-refractivity contribution is 7.09. The van der Waals surface area contributed by atoms with Crippen LogP contribution in [0.15, 0.2) is 48.1 Å². The molecule has 1 aromatic carbocycles. The molecule has 3 aromatic rings. The average molecular weight is 283 g/mol. The van der Waals surface area contributed by atoms with Gasteiger partial charge in [0.1, 0.15) is 0 Å². The van der Waals surface area contributed by atoms with Crippen molar-refractivity contribution in [3.05, 3.63) is 58.5 Å². The Morgan fingerprint density at radius 1 is 1.15 bits per heavy atom. The number of aromatic nitrogens is 2. The Labute approximate surface area is 120 Å². The van der Waals surface area contributed by atoms with Crippen molar-refractivity contribution in [1.29, 1.82) is 0 Å². The number of rotatable bonds is 4. The fourth-order valence-electron chi connectivity index (χ4n) is 1.96. The van der Waals surface area contributed by atoms with E-state index < -0.39 is 0 Å². The van der Waals surface area contributed by atoms with Crippen LogP contribution < -0.4 is 5.32 Å². The molecule has 0 bridgehead atoms. The highest BCUT2D eigenvalue weighted by Crippen LogP contribution is 2.11. The topological polar surface area (TPSA) is 54.9 Å². The van der Waals surface area contributed by atoms with E-state index in [1.165, 1.54) is 4.88 Å². The highest BCUT2D eigenvalue weighted by atomic mass is 32.1. The molecular formula is C15H13N3OS. The Morgan fingerprint density at radius 3 is 2.80 bits per heavy atom. The van der Waals surface area contributed by atoms with Crippen molar-refractivity contribution in [3.8, 4) is 0 Å². The predicted molar refractivity (Wildman–Crippen MR) is 79.9 cm³/mol. The van der Waals surface area contributed by atoms with Gasteiger partial charge in [0.25, 0.3) is 5.91 Å². The van der Waals surface area contributed by atoms with E-state index in [-0.39, 0.29) is 5.91 Å². The molecule has 4 nitrogen and oxygen atoms in total. The maximum atomic E-state index is 12.1. The lowest BCUT2D eigenvalue weighted by molar-refractivity contribution is 0.0954. The molecule has 100 valence electrons. The second-order valence-electron chi connectivity index (χ2n) is 4.35. The third-order valence-electron chi connectivity index (χ3n) is 2.97. The van der Waals surface area contributed by atoms with E-state index in [9.17, 15) is 4.79 Å². The summed E-state index contributed by atoms with van der Waals surface area (Å²) in [6.45, 7) is 0.637. The van der Waals surface area contributed by atoms with E-state index in [0.717, 1.165) is 17.5 Å². The van der Waals surface area contributed by atoms with Gasteiger partial charge in [-0.3, -0.25) is 14.8 Å². The standard InChI is InChI=1S/C15H13N3OS/c19-15(18-6-5-12-2-1-9-20-12)11-3-4-13-14(10-11)17-8-7-16-13/h1-4,7-10H,5-6H2,(H,18,19). The van der Waals surface area contributed by atoms with Crippen LogP contribution in [0.4, 0.5) is 0 Å². The SMILES string of the molecule is O=C(NCCc1cccs1)c1ccc2nccnc2c1. The third kappa shape index (κ3) is 2.83. The molecule has 0 radical (unpaired) electrons. The van der Waals surface area contributed by atoms with Gasteiger partial charge in [-0.05, 0) is 36.1 Å². The summed E-state index contributed by atoms with van der Waals surface area (Å²) in [5.41, 5.74) is 2.14. The first-order valence-corrected chi connectivity index (χ1v) is 7.22. The lowest BCUT2D eigenvalue weighted by atomic mass is 10.2. The summed E-state index contributed by atoms with van der Waals surface area (Å²) in [6, 6.07) is 9.45. The van der Waals surface area contributed by atoms with Gasteiger partial charge in [0.15, 0.2) is 0 Å². The van der Waals surface area contributed by atoms with Crippen molar-refractivity contribution in [1.82, 2.24) is 15.3 Å². The summed E-state index contributed by atoms with van der Waals surface area (Å²) in [7, 11) is 0. The number of nitrogens with one attached hydrogen (secondary N) is 1. The number of carbonyl (C=O) groups is 1. The number of hydrogen-bond acceptors (Lipinski definition) is 4. The van der Waals surface area contributed by atoms with Crippen molar-refractivity contribution in [3.63, 3.8) is 0 Å². The van der Waals surface area contributed by atoms with Gasteiger partial charge in [0, 0.05) is 29.4 Å². The minimum atomic E-state index is -0.0749. The molecule has 5 heteroatoms. The Hall–Kier alpha value is -2.27. The first kappa shape index (κ1) is 12.7. The van der Waals surface area contributed by atoms with Crippen LogP contribution in [0.2, 0.25) is 0 Å². The number of fused-ring (bicyclic) bond motifs is 1. The average Bonchev–Trinajstić information content (AvgIpc) is 3.00. The molecule has 0 aliphatic heterocycles. The molecule has 0 saturated heterocycles. The smallest absolute Gasteiger partial charge is 0.251 e.